The SMILES string of the molecule is C=C(Sc1ccccc1C)N1CCCC(CC(=O)Nc2ccc3cc2CCc2cncc(c2)Nc2ncc(Cl)c(n2)N3)C1. The molecule has 1 unspecified atom stereocenters. The predicted octanol–water partition coefficient (Wildman–Crippen LogP) is 7.72. The van der Waals surface area contributed by atoms with Crippen LogP contribution in [0, 0.1) is 12.8 Å². The van der Waals surface area contributed by atoms with E-state index in [1.54, 1.807) is 24.2 Å². The number of thioether (sulfide) groups is 1. The Morgan fingerprint density at radius 3 is 2.88 bits per heavy atom. The molecule has 2 aliphatic heterocycles. The van der Waals surface area contributed by atoms with E-state index in [-0.39, 0.29) is 11.8 Å². The van der Waals surface area contributed by atoms with Gasteiger partial charge >= 0.3 is 0 Å². The van der Waals surface area contributed by atoms with Gasteiger partial charge in [-0.3, -0.25) is 9.78 Å². The van der Waals surface area contributed by atoms with Crippen molar-refractivity contribution in [2.75, 3.05) is 29.0 Å². The molecule has 2 aromatic heterocycles. The Labute approximate surface area is 261 Å². The third kappa shape index (κ3) is 7.29. The second-order valence-corrected chi connectivity index (χ2v) is 12.6. The fourth-order valence-corrected chi connectivity index (χ4v) is 6.60. The van der Waals surface area contributed by atoms with Crippen molar-refractivity contribution in [3.8, 4) is 0 Å². The van der Waals surface area contributed by atoms with Crippen LogP contribution in [0.1, 0.15) is 36.0 Å². The zero-order valence-electron chi connectivity index (χ0n) is 24.1. The van der Waals surface area contributed by atoms with Crippen molar-refractivity contribution in [1.29, 1.82) is 0 Å². The van der Waals surface area contributed by atoms with Gasteiger partial charge in [0.05, 0.1) is 23.1 Å². The minimum Gasteiger partial charge on any atom is -0.366 e. The first kappa shape index (κ1) is 29.0. The molecule has 220 valence electrons. The summed E-state index contributed by atoms with van der Waals surface area (Å²) in [4.78, 5) is 30.2. The molecule has 0 saturated carbocycles. The molecule has 2 aromatic carbocycles. The molecule has 1 atom stereocenters. The number of aryl methyl sites for hydroxylation is 3. The lowest BCUT2D eigenvalue weighted by Gasteiger charge is -2.35. The summed E-state index contributed by atoms with van der Waals surface area (Å²) in [5.41, 5.74) is 5.78. The number of piperidine rings is 1. The molecule has 1 fully saturated rings. The zero-order chi connectivity index (χ0) is 29.8. The molecule has 4 aromatic rings. The summed E-state index contributed by atoms with van der Waals surface area (Å²) in [6.45, 7) is 8.29. The molecule has 8 nitrogen and oxygen atoms in total. The quantitative estimate of drug-likeness (QED) is 0.191. The van der Waals surface area contributed by atoms with Crippen LogP contribution in [-0.4, -0.2) is 38.8 Å². The number of pyridine rings is 1. The van der Waals surface area contributed by atoms with Crippen LogP contribution in [0.5, 0.6) is 0 Å². The minimum atomic E-state index is 0.0280. The summed E-state index contributed by atoms with van der Waals surface area (Å²) in [5.74, 6) is 1.21. The molecule has 0 aliphatic carbocycles. The Balaban J connectivity index is 1.15. The number of benzene rings is 2. The largest absolute Gasteiger partial charge is 0.366 e. The number of nitrogens with one attached hydrogen (secondary N) is 3. The van der Waals surface area contributed by atoms with E-state index in [1.807, 2.05) is 30.5 Å². The summed E-state index contributed by atoms with van der Waals surface area (Å²) in [5, 5.41) is 11.2. The summed E-state index contributed by atoms with van der Waals surface area (Å²) in [6, 6.07) is 16.3. The van der Waals surface area contributed by atoms with Crippen molar-refractivity contribution in [2.45, 2.75) is 43.9 Å². The van der Waals surface area contributed by atoms with Gasteiger partial charge in [0, 0.05) is 42.0 Å². The van der Waals surface area contributed by atoms with Gasteiger partial charge in [-0.2, -0.15) is 4.98 Å². The number of anilines is 5. The average Bonchev–Trinajstić information content (AvgIpc) is 3.00. The number of hydrogen-bond donors (Lipinski definition) is 3. The van der Waals surface area contributed by atoms with E-state index in [4.69, 9.17) is 11.6 Å². The van der Waals surface area contributed by atoms with Crippen LogP contribution in [-0.2, 0) is 17.6 Å². The molecule has 43 heavy (non-hydrogen) atoms. The van der Waals surface area contributed by atoms with Crippen molar-refractivity contribution >= 4 is 58.1 Å². The second kappa shape index (κ2) is 13.1. The first-order valence-corrected chi connectivity index (χ1v) is 15.7. The minimum absolute atomic E-state index is 0.0280. The Morgan fingerprint density at radius 2 is 2.00 bits per heavy atom. The van der Waals surface area contributed by atoms with Crippen LogP contribution in [0.4, 0.5) is 28.8 Å². The molecule has 0 spiro atoms. The number of likely N-dealkylation sites (tertiary alicyclic amines) is 1. The topological polar surface area (TPSA) is 95.1 Å². The molecule has 2 aliphatic rings. The number of carbonyl (C=O) groups is 1. The average molecular weight is 612 g/mol. The number of carbonyl (C=O) groups excluding carboxylic acids is 1. The Kier molecular flexibility index (Phi) is 8.81. The lowest BCUT2D eigenvalue weighted by atomic mass is 9.94. The fourth-order valence-electron chi connectivity index (χ4n) is 5.54. The third-order valence-electron chi connectivity index (χ3n) is 7.79. The van der Waals surface area contributed by atoms with Gasteiger partial charge in [-0.25, -0.2) is 4.98 Å². The van der Waals surface area contributed by atoms with Crippen LogP contribution in [0.2, 0.25) is 5.02 Å². The van der Waals surface area contributed by atoms with E-state index < -0.39 is 0 Å². The standard InChI is InChI=1S/C33H34ClN7OS/c1-21-6-3-4-8-30(21)43-22(2)41-13-5-7-24(20-41)15-31(42)39-29-12-11-26-16-25(29)10-9-23-14-27(18-35-17-23)38-33-36-19-28(34)32(37-26)40-33/h3-4,6,8,11-12,14,16-19,24H,2,5,7,9-10,13,15,20H2,1H3,(H,39,42)(H2,36,37,38,40). The van der Waals surface area contributed by atoms with Gasteiger partial charge in [-0.05, 0) is 85.5 Å². The van der Waals surface area contributed by atoms with Crippen LogP contribution in [0.25, 0.3) is 0 Å². The first-order chi connectivity index (χ1) is 20.9. The van der Waals surface area contributed by atoms with Gasteiger partial charge in [-0.15, -0.1) is 0 Å². The second-order valence-electron chi connectivity index (χ2n) is 11.1. The molecule has 0 radical (unpaired) electrons. The van der Waals surface area contributed by atoms with Crippen LogP contribution in [0.15, 0.2) is 83.6 Å². The molecule has 4 heterocycles. The normalized spacial score (nSPS) is 16.0. The number of hydrogen-bond acceptors (Lipinski definition) is 8. The van der Waals surface area contributed by atoms with Crippen LogP contribution < -0.4 is 16.0 Å². The Bertz CT molecular complexity index is 1660. The van der Waals surface area contributed by atoms with Crippen LogP contribution in [0.3, 0.4) is 0 Å². The van der Waals surface area contributed by atoms with Gasteiger partial charge in [0.2, 0.25) is 11.9 Å². The van der Waals surface area contributed by atoms with E-state index in [1.165, 1.54) is 10.5 Å². The van der Waals surface area contributed by atoms with Crippen LogP contribution >= 0.6 is 23.4 Å². The smallest absolute Gasteiger partial charge is 0.229 e. The van der Waals surface area contributed by atoms with Crippen molar-refractivity contribution in [2.24, 2.45) is 5.92 Å². The molecular weight excluding hydrogens is 578 g/mol. The Hall–Kier alpha value is -4.08. The number of fused-ring (bicyclic) bond motifs is 6. The highest BCUT2D eigenvalue weighted by atomic mass is 35.5. The molecule has 3 N–H and O–H groups in total. The molecular formula is C33H34ClN7OS. The van der Waals surface area contributed by atoms with Gasteiger partial charge < -0.3 is 20.9 Å². The van der Waals surface area contributed by atoms with Gasteiger partial charge in [0.15, 0.2) is 5.82 Å². The van der Waals surface area contributed by atoms with E-state index in [0.29, 0.717) is 23.2 Å². The highest BCUT2D eigenvalue weighted by Gasteiger charge is 2.24. The number of amides is 1. The molecule has 1 saturated heterocycles. The van der Waals surface area contributed by atoms with Crippen molar-refractivity contribution in [3.63, 3.8) is 0 Å². The molecule has 10 heteroatoms. The van der Waals surface area contributed by atoms with E-state index in [0.717, 1.165) is 72.0 Å². The first-order valence-electron chi connectivity index (χ1n) is 14.5. The maximum absolute atomic E-state index is 13.4. The highest BCUT2D eigenvalue weighted by molar-refractivity contribution is 8.03. The third-order valence-corrected chi connectivity index (χ3v) is 9.24. The molecule has 6 rings (SSSR count). The van der Waals surface area contributed by atoms with E-state index >= 15 is 0 Å². The lowest BCUT2D eigenvalue weighted by molar-refractivity contribution is -0.117. The zero-order valence-corrected chi connectivity index (χ0v) is 25.6. The maximum atomic E-state index is 13.4. The molecule has 6 bridgehead atoms. The van der Waals surface area contributed by atoms with Crippen molar-refractivity contribution in [3.05, 3.63) is 100 Å². The summed E-state index contributed by atoms with van der Waals surface area (Å²) >= 11 is 8.12. The number of halogens is 1. The monoisotopic (exact) mass is 611 g/mol. The number of aromatic nitrogens is 3. The van der Waals surface area contributed by atoms with Gasteiger partial charge in [0.25, 0.3) is 0 Å². The summed E-state index contributed by atoms with van der Waals surface area (Å²) < 4.78 is 0. The Morgan fingerprint density at radius 1 is 1.12 bits per heavy atom. The maximum Gasteiger partial charge on any atom is 0.229 e. The highest BCUT2D eigenvalue weighted by Crippen LogP contribution is 2.34. The molecule has 1 amide bonds. The van der Waals surface area contributed by atoms with Gasteiger partial charge in [-0.1, -0.05) is 48.1 Å². The number of nitrogens with zero attached hydrogens (tertiary/aromatic N) is 4. The predicted molar refractivity (Wildman–Crippen MR) is 175 cm³/mol. The summed E-state index contributed by atoms with van der Waals surface area (Å²) in [6.07, 6.45) is 9.19. The summed E-state index contributed by atoms with van der Waals surface area (Å²) in [7, 11) is 0. The van der Waals surface area contributed by atoms with Crippen molar-refractivity contribution in [1.82, 2.24) is 19.9 Å². The van der Waals surface area contributed by atoms with E-state index in [2.05, 4.69) is 73.6 Å². The van der Waals surface area contributed by atoms with Gasteiger partial charge in [0.1, 0.15) is 5.02 Å². The van der Waals surface area contributed by atoms with Crippen molar-refractivity contribution < 1.29 is 4.79 Å². The number of rotatable bonds is 6. The van der Waals surface area contributed by atoms with E-state index in [9.17, 15) is 4.79 Å². The fraction of sp³-hybridized carbons (Fsp3) is 0.273. The lowest BCUT2D eigenvalue weighted by Crippen LogP contribution is -2.35.